The van der Waals surface area contributed by atoms with E-state index in [1.807, 2.05) is 0 Å². The molecule has 0 aliphatic carbocycles. The molecule has 0 aliphatic rings. The molecule has 0 aliphatic heterocycles. The van der Waals surface area contributed by atoms with E-state index >= 15 is 0 Å². The summed E-state index contributed by atoms with van der Waals surface area (Å²) in [5, 5.41) is 0. The SMILES string of the molecule is CCc1cc(C(C)C)nc(Br)n1. The van der Waals surface area contributed by atoms with Crippen LogP contribution in [0.3, 0.4) is 0 Å². The predicted molar refractivity (Wildman–Crippen MR) is 53.2 cm³/mol. The van der Waals surface area contributed by atoms with E-state index in [1.54, 1.807) is 0 Å². The Morgan fingerprint density at radius 2 is 2.08 bits per heavy atom. The summed E-state index contributed by atoms with van der Waals surface area (Å²) in [4.78, 5) is 8.53. The van der Waals surface area contributed by atoms with E-state index in [2.05, 4.69) is 52.7 Å². The van der Waals surface area contributed by atoms with Gasteiger partial charge in [-0.2, -0.15) is 0 Å². The lowest BCUT2D eigenvalue weighted by Crippen LogP contribution is -1.98. The van der Waals surface area contributed by atoms with Crippen molar-refractivity contribution in [2.75, 3.05) is 0 Å². The summed E-state index contributed by atoms with van der Waals surface area (Å²) in [7, 11) is 0. The maximum absolute atomic E-state index is 4.29. The van der Waals surface area contributed by atoms with Crippen molar-refractivity contribution in [1.29, 1.82) is 0 Å². The van der Waals surface area contributed by atoms with E-state index in [9.17, 15) is 0 Å². The lowest BCUT2D eigenvalue weighted by atomic mass is 10.1. The molecule has 66 valence electrons. The first kappa shape index (κ1) is 9.65. The zero-order valence-electron chi connectivity index (χ0n) is 7.63. The molecule has 3 heteroatoms. The zero-order valence-corrected chi connectivity index (χ0v) is 9.22. The van der Waals surface area contributed by atoms with Crippen molar-refractivity contribution in [3.8, 4) is 0 Å². The highest BCUT2D eigenvalue weighted by Gasteiger charge is 2.04. The third-order valence-corrected chi connectivity index (χ3v) is 2.08. The molecule has 0 N–H and O–H groups in total. The molecular weight excluding hydrogens is 216 g/mol. The number of hydrogen-bond donors (Lipinski definition) is 0. The second kappa shape index (κ2) is 3.99. The van der Waals surface area contributed by atoms with Crippen LogP contribution in [0.1, 0.15) is 38.1 Å². The van der Waals surface area contributed by atoms with Crippen LogP contribution in [-0.2, 0) is 6.42 Å². The number of hydrogen-bond acceptors (Lipinski definition) is 2. The van der Waals surface area contributed by atoms with E-state index in [0.717, 1.165) is 17.8 Å². The predicted octanol–water partition coefficient (Wildman–Crippen LogP) is 2.92. The van der Waals surface area contributed by atoms with Gasteiger partial charge in [0.1, 0.15) is 0 Å². The van der Waals surface area contributed by atoms with Gasteiger partial charge in [0.05, 0.1) is 0 Å². The van der Waals surface area contributed by atoms with Gasteiger partial charge >= 0.3 is 0 Å². The average molecular weight is 229 g/mol. The summed E-state index contributed by atoms with van der Waals surface area (Å²) < 4.78 is 0.700. The van der Waals surface area contributed by atoms with Gasteiger partial charge in [-0.25, -0.2) is 9.97 Å². The van der Waals surface area contributed by atoms with E-state index in [-0.39, 0.29) is 0 Å². The van der Waals surface area contributed by atoms with Gasteiger partial charge in [0.2, 0.25) is 0 Å². The minimum Gasteiger partial charge on any atom is -0.227 e. The van der Waals surface area contributed by atoms with E-state index in [4.69, 9.17) is 0 Å². The number of nitrogens with zero attached hydrogens (tertiary/aromatic N) is 2. The van der Waals surface area contributed by atoms with Crippen molar-refractivity contribution in [1.82, 2.24) is 9.97 Å². The smallest absolute Gasteiger partial charge is 0.197 e. The lowest BCUT2D eigenvalue weighted by molar-refractivity contribution is 0.793. The molecule has 0 saturated heterocycles. The Bertz CT molecular complexity index is 271. The van der Waals surface area contributed by atoms with Gasteiger partial charge in [0.25, 0.3) is 0 Å². The van der Waals surface area contributed by atoms with Crippen LogP contribution in [0.5, 0.6) is 0 Å². The van der Waals surface area contributed by atoms with Gasteiger partial charge in [0, 0.05) is 11.4 Å². The molecule has 0 bridgehead atoms. The van der Waals surface area contributed by atoms with Gasteiger partial charge in [-0.3, -0.25) is 0 Å². The Hall–Kier alpha value is -0.440. The Kier molecular flexibility index (Phi) is 3.20. The molecule has 0 radical (unpaired) electrons. The molecular formula is C9H13BrN2. The molecule has 0 atom stereocenters. The Morgan fingerprint density at radius 1 is 1.42 bits per heavy atom. The zero-order chi connectivity index (χ0) is 9.14. The van der Waals surface area contributed by atoms with E-state index < -0.39 is 0 Å². The van der Waals surface area contributed by atoms with Crippen LogP contribution in [-0.4, -0.2) is 9.97 Å². The average Bonchev–Trinajstić information content (AvgIpc) is 2.03. The van der Waals surface area contributed by atoms with Gasteiger partial charge < -0.3 is 0 Å². The highest BCUT2D eigenvalue weighted by molar-refractivity contribution is 9.10. The maximum atomic E-state index is 4.29. The number of halogens is 1. The van der Waals surface area contributed by atoms with Gasteiger partial charge in [-0.05, 0) is 34.3 Å². The molecule has 0 amide bonds. The first-order chi connectivity index (χ1) is 5.63. The highest BCUT2D eigenvalue weighted by atomic mass is 79.9. The van der Waals surface area contributed by atoms with Crippen LogP contribution in [0.2, 0.25) is 0 Å². The van der Waals surface area contributed by atoms with Crippen LogP contribution in [0.4, 0.5) is 0 Å². The molecule has 0 saturated carbocycles. The molecule has 1 aromatic heterocycles. The second-order valence-electron chi connectivity index (χ2n) is 3.06. The van der Waals surface area contributed by atoms with Gasteiger partial charge in [0.15, 0.2) is 4.73 Å². The molecule has 1 heterocycles. The quantitative estimate of drug-likeness (QED) is 0.728. The molecule has 0 unspecified atom stereocenters. The molecule has 0 spiro atoms. The molecule has 0 aromatic carbocycles. The van der Waals surface area contributed by atoms with Crippen molar-refractivity contribution < 1.29 is 0 Å². The Balaban J connectivity index is 3.06. The van der Waals surface area contributed by atoms with E-state index in [0.29, 0.717) is 10.7 Å². The van der Waals surface area contributed by atoms with Crippen LogP contribution in [0, 0.1) is 0 Å². The Labute approximate surface area is 81.6 Å². The third-order valence-electron chi connectivity index (χ3n) is 1.73. The fourth-order valence-electron chi connectivity index (χ4n) is 0.962. The van der Waals surface area contributed by atoms with Crippen LogP contribution in [0.25, 0.3) is 0 Å². The van der Waals surface area contributed by atoms with Crippen LogP contribution < -0.4 is 0 Å². The van der Waals surface area contributed by atoms with Crippen LogP contribution in [0.15, 0.2) is 10.8 Å². The summed E-state index contributed by atoms with van der Waals surface area (Å²) in [5.41, 5.74) is 2.20. The largest absolute Gasteiger partial charge is 0.227 e. The van der Waals surface area contributed by atoms with Crippen molar-refractivity contribution >= 4 is 15.9 Å². The van der Waals surface area contributed by atoms with Gasteiger partial charge in [-0.1, -0.05) is 20.8 Å². The topological polar surface area (TPSA) is 25.8 Å². The van der Waals surface area contributed by atoms with Crippen molar-refractivity contribution in [3.05, 3.63) is 22.2 Å². The summed E-state index contributed by atoms with van der Waals surface area (Å²) in [6.45, 7) is 6.36. The van der Waals surface area contributed by atoms with E-state index in [1.165, 1.54) is 0 Å². The minimum atomic E-state index is 0.467. The first-order valence-electron chi connectivity index (χ1n) is 4.16. The summed E-state index contributed by atoms with van der Waals surface area (Å²) in [6.07, 6.45) is 0.959. The Morgan fingerprint density at radius 3 is 2.58 bits per heavy atom. The van der Waals surface area contributed by atoms with Crippen molar-refractivity contribution in [3.63, 3.8) is 0 Å². The maximum Gasteiger partial charge on any atom is 0.197 e. The number of aryl methyl sites for hydroxylation is 1. The normalized spacial score (nSPS) is 10.8. The molecule has 0 fully saturated rings. The minimum absolute atomic E-state index is 0.467. The summed E-state index contributed by atoms with van der Waals surface area (Å²) >= 11 is 3.30. The van der Waals surface area contributed by atoms with Crippen LogP contribution >= 0.6 is 15.9 Å². The highest BCUT2D eigenvalue weighted by Crippen LogP contribution is 2.15. The fraction of sp³-hybridized carbons (Fsp3) is 0.556. The summed E-state index contributed by atoms with van der Waals surface area (Å²) in [5.74, 6) is 0.467. The first-order valence-corrected chi connectivity index (χ1v) is 4.96. The molecule has 2 nitrogen and oxygen atoms in total. The molecule has 12 heavy (non-hydrogen) atoms. The lowest BCUT2D eigenvalue weighted by Gasteiger charge is -2.05. The van der Waals surface area contributed by atoms with Crippen molar-refractivity contribution in [2.24, 2.45) is 0 Å². The standard InChI is InChI=1S/C9H13BrN2/c1-4-7-5-8(6(2)3)12-9(10)11-7/h5-6H,4H2,1-3H3. The monoisotopic (exact) mass is 228 g/mol. The molecule has 1 aromatic rings. The number of aromatic nitrogens is 2. The second-order valence-corrected chi connectivity index (χ2v) is 3.77. The van der Waals surface area contributed by atoms with Gasteiger partial charge in [-0.15, -0.1) is 0 Å². The molecule has 1 rings (SSSR count). The summed E-state index contributed by atoms with van der Waals surface area (Å²) in [6, 6.07) is 2.06. The fourth-order valence-corrected chi connectivity index (χ4v) is 1.39. The van der Waals surface area contributed by atoms with Crippen molar-refractivity contribution in [2.45, 2.75) is 33.1 Å². The number of rotatable bonds is 2. The third kappa shape index (κ3) is 2.27.